The first-order chi connectivity index (χ1) is 9.66. The first-order valence-corrected chi connectivity index (χ1v) is 7.12. The highest BCUT2D eigenvalue weighted by atomic mass is 16.5. The molecule has 0 aliphatic carbocycles. The molecule has 20 heavy (non-hydrogen) atoms. The van der Waals surface area contributed by atoms with Gasteiger partial charge in [-0.3, -0.25) is 14.7 Å². The SMILES string of the molecule is CN(C)C(=O)[C@@H]1CN(Cc2ccncc2)[C@H]2CCO[C@@H]12. The van der Waals surface area contributed by atoms with E-state index in [-0.39, 0.29) is 17.9 Å². The third-order valence-electron chi connectivity index (χ3n) is 4.29. The van der Waals surface area contributed by atoms with Crippen molar-refractivity contribution < 1.29 is 9.53 Å². The largest absolute Gasteiger partial charge is 0.376 e. The number of hydrogen-bond donors (Lipinski definition) is 0. The van der Waals surface area contributed by atoms with Crippen molar-refractivity contribution in [3.63, 3.8) is 0 Å². The summed E-state index contributed by atoms with van der Waals surface area (Å²) >= 11 is 0. The second-order valence-electron chi connectivity index (χ2n) is 5.82. The summed E-state index contributed by atoms with van der Waals surface area (Å²) in [5.74, 6) is 0.151. The molecule has 0 spiro atoms. The van der Waals surface area contributed by atoms with E-state index in [0.29, 0.717) is 6.04 Å². The van der Waals surface area contributed by atoms with Gasteiger partial charge in [0.25, 0.3) is 0 Å². The molecule has 2 fully saturated rings. The summed E-state index contributed by atoms with van der Waals surface area (Å²) in [5.41, 5.74) is 1.24. The van der Waals surface area contributed by atoms with E-state index in [2.05, 4.69) is 9.88 Å². The maximum absolute atomic E-state index is 12.3. The van der Waals surface area contributed by atoms with Crippen LogP contribution in [0.25, 0.3) is 0 Å². The van der Waals surface area contributed by atoms with Crippen LogP contribution >= 0.6 is 0 Å². The predicted molar refractivity (Wildman–Crippen MR) is 75.0 cm³/mol. The molecule has 3 atom stereocenters. The highest BCUT2D eigenvalue weighted by molar-refractivity contribution is 5.79. The van der Waals surface area contributed by atoms with Crippen molar-refractivity contribution in [2.24, 2.45) is 5.92 Å². The molecule has 2 saturated heterocycles. The standard InChI is InChI=1S/C15H21N3O2/c1-17(2)15(19)12-10-18(13-5-8-20-14(12)13)9-11-3-6-16-7-4-11/h3-4,6-7,12-14H,5,8-10H2,1-2H3/t12-,13+,14+/m1/s1. The molecule has 1 aromatic rings. The van der Waals surface area contributed by atoms with Gasteiger partial charge >= 0.3 is 0 Å². The van der Waals surface area contributed by atoms with Gasteiger partial charge in [-0.25, -0.2) is 0 Å². The number of hydrogen-bond acceptors (Lipinski definition) is 4. The Morgan fingerprint density at radius 3 is 2.90 bits per heavy atom. The van der Waals surface area contributed by atoms with Crippen LogP contribution in [0, 0.1) is 5.92 Å². The van der Waals surface area contributed by atoms with Gasteiger partial charge in [0, 0.05) is 52.2 Å². The molecule has 0 unspecified atom stereocenters. The third kappa shape index (κ3) is 2.43. The molecule has 1 aromatic heterocycles. The van der Waals surface area contributed by atoms with Crippen molar-refractivity contribution in [3.8, 4) is 0 Å². The number of carbonyl (C=O) groups excluding carboxylic acids is 1. The number of nitrogens with zero attached hydrogens (tertiary/aromatic N) is 3. The number of pyridine rings is 1. The van der Waals surface area contributed by atoms with Crippen LogP contribution in [0.2, 0.25) is 0 Å². The maximum atomic E-state index is 12.3. The summed E-state index contributed by atoms with van der Waals surface area (Å²) in [6.07, 6.45) is 4.71. The molecular formula is C15H21N3O2. The summed E-state index contributed by atoms with van der Waals surface area (Å²) in [6.45, 7) is 2.41. The Kier molecular flexibility index (Phi) is 3.72. The minimum atomic E-state index is -0.0284. The van der Waals surface area contributed by atoms with Gasteiger partial charge in [-0.15, -0.1) is 0 Å². The Hall–Kier alpha value is -1.46. The zero-order valence-corrected chi connectivity index (χ0v) is 12.0. The predicted octanol–water partition coefficient (Wildman–Crippen LogP) is 0.759. The Morgan fingerprint density at radius 1 is 1.45 bits per heavy atom. The Bertz CT molecular complexity index is 477. The van der Waals surface area contributed by atoms with Crippen LogP contribution in [0.3, 0.4) is 0 Å². The first-order valence-electron chi connectivity index (χ1n) is 7.12. The fourth-order valence-corrected chi connectivity index (χ4v) is 3.32. The van der Waals surface area contributed by atoms with Gasteiger partial charge in [0.2, 0.25) is 5.91 Å². The Balaban J connectivity index is 1.75. The maximum Gasteiger partial charge on any atom is 0.229 e. The Labute approximate surface area is 119 Å². The molecule has 0 N–H and O–H groups in total. The van der Waals surface area contributed by atoms with Gasteiger partial charge < -0.3 is 9.64 Å². The molecule has 108 valence electrons. The molecule has 0 bridgehead atoms. The molecule has 1 amide bonds. The van der Waals surface area contributed by atoms with E-state index in [0.717, 1.165) is 26.1 Å². The smallest absolute Gasteiger partial charge is 0.229 e. The lowest BCUT2D eigenvalue weighted by Crippen LogP contribution is -2.37. The van der Waals surface area contributed by atoms with E-state index < -0.39 is 0 Å². The quantitative estimate of drug-likeness (QED) is 0.817. The molecular weight excluding hydrogens is 254 g/mol. The third-order valence-corrected chi connectivity index (χ3v) is 4.29. The van der Waals surface area contributed by atoms with Gasteiger partial charge in [-0.05, 0) is 24.1 Å². The number of amides is 1. The molecule has 2 aliphatic heterocycles. The summed E-state index contributed by atoms with van der Waals surface area (Å²) in [7, 11) is 3.63. The number of aromatic nitrogens is 1. The number of ether oxygens (including phenoxy) is 1. The molecule has 0 aromatic carbocycles. The minimum absolute atomic E-state index is 0.0284. The molecule has 0 saturated carbocycles. The summed E-state index contributed by atoms with van der Waals surface area (Å²) in [6, 6.07) is 4.44. The molecule has 0 radical (unpaired) electrons. The summed E-state index contributed by atoms with van der Waals surface area (Å²) in [4.78, 5) is 20.4. The van der Waals surface area contributed by atoms with E-state index in [9.17, 15) is 4.79 Å². The van der Waals surface area contributed by atoms with E-state index in [1.165, 1.54) is 5.56 Å². The molecule has 3 rings (SSSR count). The van der Waals surface area contributed by atoms with Crippen LogP contribution < -0.4 is 0 Å². The van der Waals surface area contributed by atoms with Crippen molar-refractivity contribution in [1.29, 1.82) is 0 Å². The second kappa shape index (κ2) is 5.50. The zero-order chi connectivity index (χ0) is 14.1. The van der Waals surface area contributed by atoms with E-state index in [1.54, 1.807) is 4.90 Å². The van der Waals surface area contributed by atoms with Crippen molar-refractivity contribution in [2.45, 2.75) is 25.1 Å². The fraction of sp³-hybridized carbons (Fsp3) is 0.600. The van der Waals surface area contributed by atoms with Crippen LogP contribution in [-0.4, -0.2) is 60.1 Å². The number of rotatable bonds is 3. The highest BCUT2D eigenvalue weighted by Crippen LogP contribution is 2.35. The van der Waals surface area contributed by atoms with Crippen molar-refractivity contribution in [2.75, 3.05) is 27.2 Å². The number of carbonyl (C=O) groups is 1. The normalized spacial score (nSPS) is 29.4. The van der Waals surface area contributed by atoms with Gasteiger partial charge in [0.15, 0.2) is 0 Å². The van der Waals surface area contributed by atoms with Crippen LogP contribution in [-0.2, 0) is 16.1 Å². The average Bonchev–Trinajstić information content (AvgIpc) is 3.03. The van der Waals surface area contributed by atoms with Gasteiger partial charge in [-0.2, -0.15) is 0 Å². The van der Waals surface area contributed by atoms with Crippen molar-refractivity contribution in [3.05, 3.63) is 30.1 Å². The lowest BCUT2D eigenvalue weighted by atomic mass is 10.0. The van der Waals surface area contributed by atoms with E-state index >= 15 is 0 Å². The first kappa shape index (κ1) is 13.5. The second-order valence-corrected chi connectivity index (χ2v) is 5.82. The minimum Gasteiger partial charge on any atom is -0.376 e. The van der Waals surface area contributed by atoms with Crippen LogP contribution in [0.1, 0.15) is 12.0 Å². The summed E-state index contributed by atoms with van der Waals surface area (Å²) < 4.78 is 5.83. The van der Waals surface area contributed by atoms with E-state index in [4.69, 9.17) is 4.74 Å². The lowest BCUT2D eigenvalue weighted by molar-refractivity contribution is -0.135. The molecule has 2 aliphatic rings. The number of fused-ring (bicyclic) bond motifs is 1. The van der Waals surface area contributed by atoms with E-state index in [1.807, 2.05) is 38.6 Å². The van der Waals surface area contributed by atoms with Gasteiger partial charge in [-0.1, -0.05) is 0 Å². The average molecular weight is 275 g/mol. The van der Waals surface area contributed by atoms with Crippen LogP contribution in [0.5, 0.6) is 0 Å². The fourth-order valence-electron chi connectivity index (χ4n) is 3.32. The summed E-state index contributed by atoms with van der Waals surface area (Å²) in [5, 5.41) is 0. The lowest BCUT2D eigenvalue weighted by Gasteiger charge is -2.22. The highest BCUT2D eigenvalue weighted by Gasteiger charge is 2.48. The molecule has 3 heterocycles. The zero-order valence-electron chi connectivity index (χ0n) is 12.0. The number of likely N-dealkylation sites (tertiary alicyclic amines) is 1. The van der Waals surface area contributed by atoms with Gasteiger partial charge in [0.1, 0.15) is 0 Å². The van der Waals surface area contributed by atoms with Crippen molar-refractivity contribution in [1.82, 2.24) is 14.8 Å². The monoisotopic (exact) mass is 275 g/mol. The Morgan fingerprint density at radius 2 is 2.20 bits per heavy atom. The van der Waals surface area contributed by atoms with Gasteiger partial charge in [0.05, 0.1) is 12.0 Å². The molecule has 5 nitrogen and oxygen atoms in total. The van der Waals surface area contributed by atoms with Crippen molar-refractivity contribution >= 4 is 5.91 Å². The molecule has 5 heteroatoms. The van der Waals surface area contributed by atoms with Crippen LogP contribution in [0.4, 0.5) is 0 Å². The van der Waals surface area contributed by atoms with Crippen LogP contribution in [0.15, 0.2) is 24.5 Å². The topological polar surface area (TPSA) is 45.7 Å².